The van der Waals surface area contributed by atoms with Crippen molar-refractivity contribution in [2.24, 2.45) is 5.41 Å². The van der Waals surface area contributed by atoms with Gasteiger partial charge in [0.25, 0.3) is 0 Å². The van der Waals surface area contributed by atoms with Gasteiger partial charge in [0.15, 0.2) is 0 Å². The average Bonchev–Trinajstić information content (AvgIpc) is 2.39. The summed E-state index contributed by atoms with van der Waals surface area (Å²) >= 11 is 0. The average molecular weight is 282 g/mol. The molecule has 2 heteroatoms. The first kappa shape index (κ1) is 12.3. The van der Waals surface area contributed by atoms with Crippen molar-refractivity contribution in [2.75, 3.05) is 0 Å². The third-order valence-electron chi connectivity index (χ3n) is 2.62. The summed E-state index contributed by atoms with van der Waals surface area (Å²) < 4.78 is 0. The molecule has 1 nitrogen and oxygen atoms in total. The second kappa shape index (κ2) is 5.88. The summed E-state index contributed by atoms with van der Waals surface area (Å²) in [6, 6.07) is 0. The fourth-order valence-electron chi connectivity index (χ4n) is 2.02. The van der Waals surface area contributed by atoms with Crippen molar-refractivity contribution in [3.63, 3.8) is 0 Å². The molecule has 0 amide bonds. The van der Waals surface area contributed by atoms with Crippen LogP contribution in [-0.4, -0.2) is 5.11 Å². The maximum atomic E-state index is 9.02. The van der Waals surface area contributed by atoms with E-state index >= 15 is 0 Å². The van der Waals surface area contributed by atoms with Gasteiger partial charge in [0.05, 0.1) is 0 Å². The van der Waals surface area contributed by atoms with E-state index in [4.69, 9.17) is 5.11 Å². The smallest absolute Gasteiger partial charge is 0 e. The Morgan fingerprint density at radius 1 is 1.36 bits per heavy atom. The number of hydrogen-bond donors (Lipinski definition) is 1. The largest absolute Gasteiger partial charge is 0.565 e. The molecule has 63 valence electrons. The standard InChI is InChI=1S/C9H17O.Pr/c1-2-5-9(8-10)6-3-4-7-9;/h8,10H,2-7H2,1H3;/q-1;. The van der Waals surface area contributed by atoms with Gasteiger partial charge in [-0.25, -0.2) is 6.61 Å². The Balaban J connectivity index is 0.000001000. The molecule has 1 aliphatic carbocycles. The summed E-state index contributed by atoms with van der Waals surface area (Å²) in [4.78, 5) is 0. The molecule has 0 atom stereocenters. The van der Waals surface area contributed by atoms with E-state index in [1.165, 1.54) is 45.1 Å². The van der Waals surface area contributed by atoms with Gasteiger partial charge in [-0.05, 0) is 0 Å². The van der Waals surface area contributed by atoms with E-state index in [1.807, 2.05) is 0 Å². The zero-order valence-corrected chi connectivity index (χ0v) is 11.0. The van der Waals surface area contributed by atoms with Gasteiger partial charge >= 0.3 is 0 Å². The van der Waals surface area contributed by atoms with E-state index < -0.39 is 0 Å². The number of aliphatic hydroxyl groups excluding tert-OH is 1. The predicted octanol–water partition coefficient (Wildman–Crippen LogP) is 2.88. The van der Waals surface area contributed by atoms with Crippen molar-refractivity contribution >= 4 is 0 Å². The Morgan fingerprint density at radius 2 is 1.91 bits per heavy atom. The van der Waals surface area contributed by atoms with Crippen molar-refractivity contribution in [3.8, 4) is 0 Å². The van der Waals surface area contributed by atoms with Gasteiger partial charge in [-0.2, -0.15) is 0 Å². The third-order valence-corrected chi connectivity index (χ3v) is 2.62. The summed E-state index contributed by atoms with van der Waals surface area (Å²) in [6.45, 7) is 3.63. The van der Waals surface area contributed by atoms with Crippen LogP contribution in [0.3, 0.4) is 0 Å². The molecule has 0 heterocycles. The van der Waals surface area contributed by atoms with Gasteiger partial charge in [-0.1, -0.05) is 45.4 Å². The fraction of sp³-hybridized carbons (Fsp3) is 0.889. The summed E-state index contributed by atoms with van der Waals surface area (Å²) in [7, 11) is 0. The van der Waals surface area contributed by atoms with Crippen molar-refractivity contribution < 1.29 is 46.4 Å². The second-order valence-corrected chi connectivity index (χ2v) is 3.45. The molecule has 0 aliphatic heterocycles. The quantitative estimate of drug-likeness (QED) is 0.789. The first-order chi connectivity index (χ1) is 4.83. The van der Waals surface area contributed by atoms with Gasteiger partial charge in [-0.3, -0.25) is 0 Å². The first-order valence-corrected chi connectivity index (χ1v) is 4.31. The van der Waals surface area contributed by atoms with Crippen LogP contribution in [0.25, 0.3) is 0 Å². The molecule has 0 bridgehead atoms. The maximum Gasteiger partial charge on any atom is 0 e. The first-order valence-electron chi connectivity index (χ1n) is 4.31. The van der Waals surface area contributed by atoms with Crippen LogP contribution in [0.15, 0.2) is 0 Å². The summed E-state index contributed by atoms with van der Waals surface area (Å²) in [5.41, 5.74) is 0.217. The molecule has 0 aromatic carbocycles. The van der Waals surface area contributed by atoms with E-state index in [-0.39, 0.29) is 46.7 Å². The van der Waals surface area contributed by atoms with Crippen molar-refractivity contribution in [3.05, 3.63) is 6.61 Å². The van der Waals surface area contributed by atoms with Crippen LogP contribution in [0.5, 0.6) is 0 Å². The molecule has 11 heavy (non-hydrogen) atoms. The molecule has 1 saturated carbocycles. The molecule has 1 radical (unpaired) electrons. The van der Waals surface area contributed by atoms with Crippen LogP contribution >= 0.6 is 0 Å². The molecule has 1 fully saturated rings. The molecule has 0 aromatic rings. The van der Waals surface area contributed by atoms with Crippen LogP contribution in [0.1, 0.15) is 45.4 Å². The maximum absolute atomic E-state index is 9.02. The zero-order chi connectivity index (χ0) is 7.45. The minimum atomic E-state index is 0. The Morgan fingerprint density at radius 3 is 2.27 bits per heavy atom. The third kappa shape index (κ3) is 3.28. The van der Waals surface area contributed by atoms with Crippen LogP contribution < -0.4 is 0 Å². The van der Waals surface area contributed by atoms with Gasteiger partial charge in [-0.15, -0.1) is 5.41 Å². The summed E-state index contributed by atoms with van der Waals surface area (Å²) in [5.74, 6) is 0. The molecule has 1 N–H and O–H groups in total. The summed E-state index contributed by atoms with van der Waals surface area (Å²) in [6.07, 6.45) is 7.38. The van der Waals surface area contributed by atoms with Crippen LogP contribution in [0, 0.1) is 53.3 Å². The van der Waals surface area contributed by atoms with Crippen molar-refractivity contribution in [2.45, 2.75) is 45.4 Å². The van der Waals surface area contributed by atoms with Gasteiger partial charge < -0.3 is 5.11 Å². The Hall–Kier alpha value is 1.32. The van der Waals surface area contributed by atoms with E-state index in [9.17, 15) is 0 Å². The monoisotopic (exact) mass is 282 g/mol. The molecule has 0 spiro atoms. The predicted molar refractivity (Wildman–Crippen MR) is 42.0 cm³/mol. The second-order valence-electron chi connectivity index (χ2n) is 3.45. The van der Waals surface area contributed by atoms with Crippen LogP contribution in [0.4, 0.5) is 0 Å². The van der Waals surface area contributed by atoms with E-state index in [1.54, 1.807) is 0 Å². The van der Waals surface area contributed by atoms with Crippen molar-refractivity contribution in [1.29, 1.82) is 0 Å². The Kier molecular flexibility index (Phi) is 6.59. The summed E-state index contributed by atoms with van der Waals surface area (Å²) in [5, 5.41) is 9.02. The van der Waals surface area contributed by atoms with Gasteiger partial charge in [0.2, 0.25) is 0 Å². The van der Waals surface area contributed by atoms with Crippen molar-refractivity contribution in [1.82, 2.24) is 0 Å². The van der Waals surface area contributed by atoms with Gasteiger partial charge in [0.1, 0.15) is 0 Å². The molecule has 1 aliphatic rings. The minimum absolute atomic E-state index is 0. The SMILES string of the molecule is CCCC1([CH-]O)CCCC1.[Pr]. The topological polar surface area (TPSA) is 20.2 Å². The van der Waals surface area contributed by atoms with Crippen LogP contribution in [0.2, 0.25) is 0 Å². The zero-order valence-electron chi connectivity index (χ0n) is 7.34. The minimum Gasteiger partial charge on any atom is -0.565 e. The molecule has 0 unspecified atom stereocenters. The molecular formula is C9H17OPr-. The Labute approximate surface area is 103 Å². The normalized spacial score (nSPS) is 21.3. The number of rotatable bonds is 3. The fourth-order valence-corrected chi connectivity index (χ4v) is 2.02. The van der Waals surface area contributed by atoms with E-state index in [0.717, 1.165) is 0 Å². The Bertz CT molecular complexity index is 97.7. The van der Waals surface area contributed by atoms with Crippen LogP contribution in [-0.2, 0) is 0 Å². The molecule has 0 saturated heterocycles. The molecule has 1 rings (SSSR count). The molecule has 0 aromatic heterocycles. The van der Waals surface area contributed by atoms with Gasteiger partial charge in [0, 0.05) is 41.3 Å². The number of aliphatic hydroxyl groups is 1. The molecular weight excluding hydrogens is 265 g/mol. The van der Waals surface area contributed by atoms with E-state index in [2.05, 4.69) is 6.92 Å². The number of hydrogen-bond acceptors (Lipinski definition) is 1. The van der Waals surface area contributed by atoms with E-state index in [0.29, 0.717) is 0 Å².